The highest BCUT2D eigenvalue weighted by molar-refractivity contribution is 5.82. The van der Waals surface area contributed by atoms with Gasteiger partial charge in [-0.3, -0.25) is 4.79 Å². The third-order valence-corrected chi connectivity index (χ3v) is 3.47. The van der Waals surface area contributed by atoms with Gasteiger partial charge in [-0.15, -0.1) is 0 Å². The van der Waals surface area contributed by atoms with Gasteiger partial charge in [0.1, 0.15) is 0 Å². The lowest BCUT2D eigenvalue weighted by Gasteiger charge is -2.16. The van der Waals surface area contributed by atoms with Crippen molar-refractivity contribution in [3.05, 3.63) is 0 Å². The van der Waals surface area contributed by atoms with Gasteiger partial charge in [0.05, 0.1) is 12.1 Å². The molecule has 0 aromatic carbocycles. The zero-order valence-corrected chi connectivity index (χ0v) is 9.20. The molecule has 4 heteroatoms. The fourth-order valence-electron chi connectivity index (χ4n) is 2.56. The molecule has 0 aromatic rings. The van der Waals surface area contributed by atoms with E-state index in [1.165, 1.54) is 6.42 Å². The Morgan fingerprint density at radius 3 is 2.73 bits per heavy atom. The van der Waals surface area contributed by atoms with E-state index < -0.39 is 0 Å². The summed E-state index contributed by atoms with van der Waals surface area (Å²) in [6, 6.07) is 0.169. The van der Waals surface area contributed by atoms with Crippen LogP contribution in [0.1, 0.15) is 32.6 Å². The minimum absolute atomic E-state index is 0.0608. The molecule has 1 amide bonds. The SMILES string of the molecule is CC1CCC(NC(=O)C2CC(O)CN2)C1. The molecular weight excluding hydrogens is 192 g/mol. The van der Waals surface area contributed by atoms with Gasteiger partial charge in [0.25, 0.3) is 0 Å². The van der Waals surface area contributed by atoms with E-state index in [9.17, 15) is 9.90 Å². The van der Waals surface area contributed by atoms with Crippen molar-refractivity contribution in [3.8, 4) is 0 Å². The minimum Gasteiger partial charge on any atom is -0.392 e. The quantitative estimate of drug-likeness (QED) is 0.604. The summed E-state index contributed by atoms with van der Waals surface area (Å²) in [6.45, 7) is 2.77. The second-order valence-electron chi connectivity index (χ2n) is 4.97. The number of hydrogen-bond donors (Lipinski definition) is 3. The molecule has 15 heavy (non-hydrogen) atoms. The molecule has 1 saturated carbocycles. The Morgan fingerprint density at radius 1 is 1.40 bits per heavy atom. The molecule has 0 aromatic heterocycles. The Kier molecular flexibility index (Phi) is 3.26. The molecule has 4 atom stereocenters. The number of hydrogen-bond acceptors (Lipinski definition) is 3. The van der Waals surface area contributed by atoms with Crippen molar-refractivity contribution in [2.24, 2.45) is 5.92 Å². The van der Waals surface area contributed by atoms with Gasteiger partial charge in [0.15, 0.2) is 0 Å². The van der Waals surface area contributed by atoms with Crippen LogP contribution in [0.3, 0.4) is 0 Å². The van der Waals surface area contributed by atoms with Gasteiger partial charge < -0.3 is 15.7 Å². The van der Waals surface area contributed by atoms with E-state index in [1.54, 1.807) is 0 Å². The van der Waals surface area contributed by atoms with E-state index in [-0.39, 0.29) is 18.1 Å². The van der Waals surface area contributed by atoms with Crippen LogP contribution in [0.2, 0.25) is 0 Å². The molecule has 2 fully saturated rings. The van der Waals surface area contributed by atoms with Crippen molar-refractivity contribution in [2.45, 2.75) is 50.8 Å². The molecule has 2 aliphatic rings. The highest BCUT2D eigenvalue weighted by Gasteiger charge is 2.30. The van der Waals surface area contributed by atoms with Gasteiger partial charge in [-0.1, -0.05) is 6.92 Å². The van der Waals surface area contributed by atoms with Crippen molar-refractivity contribution in [1.82, 2.24) is 10.6 Å². The van der Waals surface area contributed by atoms with Crippen LogP contribution in [0.15, 0.2) is 0 Å². The highest BCUT2D eigenvalue weighted by Crippen LogP contribution is 2.24. The van der Waals surface area contributed by atoms with Gasteiger partial charge in [-0.25, -0.2) is 0 Å². The lowest BCUT2D eigenvalue weighted by atomic mass is 10.1. The van der Waals surface area contributed by atoms with E-state index >= 15 is 0 Å². The van der Waals surface area contributed by atoms with Crippen LogP contribution >= 0.6 is 0 Å². The first-order valence-electron chi connectivity index (χ1n) is 5.87. The van der Waals surface area contributed by atoms with Gasteiger partial charge in [-0.2, -0.15) is 0 Å². The van der Waals surface area contributed by atoms with E-state index in [4.69, 9.17) is 0 Å². The Bertz CT molecular complexity index is 245. The first kappa shape index (κ1) is 10.9. The zero-order valence-electron chi connectivity index (χ0n) is 9.20. The third kappa shape index (κ3) is 2.69. The third-order valence-electron chi connectivity index (χ3n) is 3.47. The largest absolute Gasteiger partial charge is 0.392 e. The lowest BCUT2D eigenvalue weighted by Crippen LogP contribution is -2.44. The van der Waals surface area contributed by atoms with E-state index in [0.29, 0.717) is 19.0 Å². The number of β-amino-alcohol motifs (C(OH)–C–C–N with tert-alkyl or cyclic N) is 1. The molecule has 86 valence electrons. The molecule has 2 rings (SSSR count). The van der Waals surface area contributed by atoms with Crippen LogP contribution < -0.4 is 10.6 Å². The molecule has 3 N–H and O–H groups in total. The number of carbonyl (C=O) groups excluding carboxylic acids is 1. The minimum atomic E-state index is -0.358. The summed E-state index contributed by atoms with van der Waals surface area (Å²) in [6.07, 6.45) is 3.60. The van der Waals surface area contributed by atoms with Gasteiger partial charge in [0, 0.05) is 12.6 Å². The number of nitrogens with one attached hydrogen (secondary N) is 2. The smallest absolute Gasteiger partial charge is 0.237 e. The first-order chi connectivity index (χ1) is 7.15. The molecule has 1 saturated heterocycles. The van der Waals surface area contributed by atoms with Gasteiger partial charge >= 0.3 is 0 Å². The monoisotopic (exact) mass is 212 g/mol. The Morgan fingerprint density at radius 2 is 2.20 bits per heavy atom. The van der Waals surface area contributed by atoms with E-state index in [2.05, 4.69) is 17.6 Å². The second kappa shape index (κ2) is 4.49. The summed E-state index contributed by atoms with van der Waals surface area (Å²) in [5.41, 5.74) is 0. The maximum atomic E-state index is 11.8. The summed E-state index contributed by atoms with van der Waals surface area (Å²) < 4.78 is 0. The average Bonchev–Trinajstić information content (AvgIpc) is 2.75. The Balaban J connectivity index is 1.77. The standard InChI is InChI=1S/C11H20N2O2/c1-7-2-3-8(4-7)13-11(15)10-5-9(14)6-12-10/h7-10,12,14H,2-6H2,1H3,(H,13,15). The summed E-state index contributed by atoms with van der Waals surface area (Å²) in [5, 5.41) is 15.4. The molecule has 4 nitrogen and oxygen atoms in total. The van der Waals surface area contributed by atoms with Crippen molar-refractivity contribution < 1.29 is 9.90 Å². The summed E-state index contributed by atoms with van der Waals surface area (Å²) >= 11 is 0. The average molecular weight is 212 g/mol. The zero-order chi connectivity index (χ0) is 10.8. The Labute approximate surface area is 90.4 Å². The fourth-order valence-corrected chi connectivity index (χ4v) is 2.56. The lowest BCUT2D eigenvalue weighted by molar-refractivity contribution is -0.123. The highest BCUT2D eigenvalue weighted by atomic mass is 16.3. The number of carbonyl (C=O) groups is 1. The van der Waals surface area contributed by atoms with Crippen molar-refractivity contribution in [3.63, 3.8) is 0 Å². The first-order valence-corrected chi connectivity index (χ1v) is 5.87. The van der Waals surface area contributed by atoms with E-state index in [1.807, 2.05) is 0 Å². The van der Waals surface area contributed by atoms with Gasteiger partial charge in [-0.05, 0) is 31.6 Å². The molecule has 0 spiro atoms. The maximum absolute atomic E-state index is 11.8. The molecule has 4 unspecified atom stereocenters. The van der Waals surface area contributed by atoms with Crippen LogP contribution in [0.4, 0.5) is 0 Å². The molecule has 0 bridgehead atoms. The fraction of sp³-hybridized carbons (Fsp3) is 0.909. The molecule has 0 radical (unpaired) electrons. The molecular formula is C11H20N2O2. The van der Waals surface area contributed by atoms with Crippen molar-refractivity contribution >= 4 is 5.91 Å². The number of aliphatic hydroxyl groups is 1. The topological polar surface area (TPSA) is 61.4 Å². The number of aliphatic hydroxyl groups excluding tert-OH is 1. The summed E-state index contributed by atoms with van der Waals surface area (Å²) in [5.74, 6) is 0.795. The second-order valence-corrected chi connectivity index (χ2v) is 4.97. The summed E-state index contributed by atoms with van der Waals surface area (Å²) in [7, 11) is 0. The van der Waals surface area contributed by atoms with Crippen LogP contribution in [-0.2, 0) is 4.79 Å². The predicted octanol–water partition coefficient (Wildman–Crippen LogP) is 0.0140. The van der Waals surface area contributed by atoms with Crippen LogP contribution in [0.5, 0.6) is 0 Å². The van der Waals surface area contributed by atoms with Crippen LogP contribution in [0.25, 0.3) is 0 Å². The summed E-state index contributed by atoms with van der Waals surface area (Å²) in [4.78, 5) is 11.8. The van der Waals surface area contributed by atoms with Crippen LogP contribution in [0, 0.1) is 5.92 Å². The van der Waals surface area contributed by atoms with Crippen LogP contribution in [-0.4, -0.2) is 35.7 Å². The van der Waals surface area contributed by atoms with E-state index in [0.717, 1.165) is 18.8 Å². The molecule has 1 heterocycles. The maximum Gasteiger partial charge on any atom is 0.237 e. The van der Waals surface area contributed by atoms with Crippen molar-refractivity contribution in [2.75, 3.05) is 6.54 Å². The normalized spacial score (nSPS) is 40.7. The molecule has 1 aliphatic carbocycles. The molecule has 1 aliphatic heterocycles. The Hall–Kier alpha value is -0.610. The number of rotatable bonds is 2. The number of amides is 1. The predicted molar refractivity (Wildman–Crippen MR) is 57.4 cm³/mol. The van der Waals surface area contributed by atoms with Gasteiger partial charge in [0.2, 0.25) is 5.91 Å². The van der Waals surface area contributed by atoms with Crippen molar-refractivity contribution in [1.29, 1.82) is 0 Å².